The van der Waals surface area contributed by atoms with Gasteiger partial charge < -0.3 is 0 Å². The minimum Gasteiger partial charge on any atom is -0.229 e. The van der Waals surface area contributed by atoms with Gasteiger partial charge in [-0.15, -0.1) is 16.4 Å². The number of nitrogens with zero attached hydrogens (tertiary/aromatic N) is 6. The minimum atomic E-state index is 0.679. The van der Waals surface area contributed by atoms with Crippen molar-refractivity contribution in [3.63, 3.8) is 0 Å². The molecule has 0 aliphatic heterocycles. The first-order chi connectivity index (χ1) is 11.2. The number of benzene rings is 1. The highest BCUT2D eigenvalue weighted by Gasteiger charge is 2.16. The molecule has 0 radical (unpaired) electrons. The molecule has 3 aromatic heterocycles. The summed E-state index contributed by atoms with van der Waals surface area (Å²) in [5.74, 6) is 0. The number of tetrazole rings is 1. The number of halogens is 1. The van der Waals surface area contributed by atoms with E-state index in [1.54, 1.807) is 29.4 Å². The number of thiophene rings is 1. The van der Waals surface area contributed by atoms with E-state index in [1.807, 2.05) is 24.3 Å². The van der Waals surface area contributed by atoms with E-state index in [-0.39, 0.29) is 0 Å². The average molecular weight is 361 g/mol. The number of aromatic nitrogens is 6. The highest BCUT2D eigenvalue weighted by molar-refractivity contribution is 7.99. The van der Waals surface area contributed by atoms with Crippen molar-refractivity contribution in [2.45, 2.75) is 10.2 Å². The molecule has 23 heavy (non-hydrogen) atoms. The van der Waals surface area contributed by atoms with E-state index < -0.39 is 0 Å². The van der Waals surface area contributed by atoms with Crippen molar-refractivity contribution in [2.75, 3.05) is 0 Å². The van der Waals surface area contributed by atoms with Crippen LogP contribution in [0.5, 0.6) is 0 Å². The molecule has 0 saturated carbocycles. The zero-order valence-electron chi connectivity index (χ0n) is 11.8. The van der Waals surface area contributed by atoms with Crippen LogP contribution in [0.4, 0.5) is 0 Å². The maximum absolute atomic E-state index is 5.98. The summed E-state index contributed by atoms with van der Waals surface area (Å²) in [6.07, 6.45) is 1.57. The van der Waals surface area contributed by atoms with Crippen LogP contribution in [0.25, 0.3) is 21.3 Å². The summed E-state index contributed by atoms with van der Waals surface area (Å²) in [6.45, 7) is 0. The van der Waals surface area contributed by atoms with E-state index in [0.717, 1.165) is 26.4 Å². The zero-order valence-corrected chi connectivity index (χ0v) is 14.2. The van der Waals surface area contributed by atoms with Gasteiger partial charge in [0, 0.05) is 23.0 Å². The molecule has 0 aliphatic rings. The molecule has 0 N–H and O–H groups in total. The van der Waals surface area contributed by atoms with Gasteiger partial charge in [0.15, 0.2) is 0 Å². The van der Waals surface area contributed by atoms with Crippen LogP contribution in [0.1, 0.15) is 0 Å². The molecule has 114 valence electrons. The Labute approximate surface area is 144 Å². The Morgan fingerprint density at radius 3 is 2.74 bits per heavy atom. The summed E-state index contributed by atoms with van der Waals surface area (Å²) in [4.78, 5) is 9.72. The van der Waals surface area contributed by atoms with Gasteiger partial charge in [-0.05, 0) is 39.9 Å². The summed E-state index contributed by atoms with van der Waals surface area (Å²) in [5, 5.41) is 16.8. The van der Waals surface area contributed by atoms with Crippen molar-refractivity contribution in [2.24, 2.45) is 7.05 Å². The molecule has 0 bridgehead atoms. The normalized spacial score (nSPS) is 11.2. The smallest absolute Gasteiger partial charge is 0.215 e. The van der Waals surface area contributed by atoms with Gasteiger partial charge in [0.05, 0.1) is 5.39 Å². The second-order valence-corrected chi connectivity index (χ2v) is 6.95. The van der Waals surface area contributed by atoms with Gasteiger partial charge in [-0.1, -0.05) is 23.7 Å². The van der Waals surface area contributed by atoms with Gasteiger partial charge in [0.1, 0.15) is 16.2 Å². The molecule has 6 nitrogen and oxygen atoms in total. The molecule has 0 amide bonds. The van der Waals surface area contributed by atoms with Gasteiger partial charge in [-0.2, -0.15) is 0 Å². The molecule has 9 heteroatoms. The molecular formula is C14H9ClN6S2. The predicted octanol–water partition coefficient (Wildman–Crippen LogP) is 3.69. The largest absolute Gasteiger partial charge is 0.229 e. The lowest BCUT2D eigenvalue weighted by Gasteiger charge is -2.04. The van der Waals surface area contributed by atoms with Gasteiger partial charge in [0.25, 0.3) is 0 Å². The number of fused-ring (bicyclic) bond motifs is 1. The highest BCUT2D eigenvalue weighted by atomic mass is 35.5. The first-order valence-electron chi connectivity index (χ1n) is 6.61. The van der Waals surface area contributed by atoms with E-state index in [1.165, 1.54) is 11.8 Å². The number of hydrogen-bond donors (Lipinski definition) is 0. The molecule has 0 fully saturated rings. The summed E-state index contributed by atoms with van der Waals surface area (Å²) in [7, 11) is 1.80. The molecule has 4 aromatic rings. The molecule has 0 atom stereocenters. The van der Waals surface area contributed by atoms with Crippen LogP contribution < -0.4 is 0 Å². The van der Waals surface area contributed by atoms with Crippen molar-refractivity contribution in [1.29, 1.82) is 0 Å². The monoisotopic (exact) mass is 360 g/mol. The number of rotatable bonds is 3. The summed E-state index contributed by atoms with van der Waals surface area (Å²) < 4.78 is 1.62. The Bertz CT molecular complexity index is 979. The van der Waals surface area contributed by atoms with Crippen LogP contribution in [-0.2, 0) is 7.05 Å². The zero-order chi connectivity index (χ0) is 15.8. The van der Waals surface area contributed by atoms with Crippen molar-refractivity contribution < 1.29 is 0 Å². The lowest BCUT2D eigenvalue weighted by molar-refractivity contribution is 0.664. The molecule has 1 aromatic carbocycles. The molecule has 0 saturated heterocycles. The Morgan fingerprint density at radius 2 is 2.00 bits per heavy atom. The van der Waals surface area contributed by atoms with E-state index in [4.69, 9.17) is 11.6 Å². The Kier molecular flexibility index (Phi) is 3.72. The lowest BCUT2D eigenvalue weighted by atomic mass is 10.1. The van der Waals surface area contributed by atoms with E-state index >= 15 is 0 Å². The Hall–Kier alpha value is -2.03. The number of aryl methyl sites for hydroxylation is 1. The van der Waals surface area contributed by atoms with Crippen LogP contribution in [0, 0.1) is 0 Å². The van der Waals surface area contributed by atoms with Crippen LogP contribution >= 0.6 is 34.7 Å². The lowest BCUT2D eigenvalue weighted by Crippen LogP contribution is -1.94. The summed E-state index contributed by atoms with van der Waals surface area (Å²) in [6, 6.07) is 7.75. The number of hydrogen-bond acceptors (Lipinski definition) is 7. The average Bonchev–Trinajstić information content (AvgIpc) is 3.16. The third kappa shape index (κ3) is 2.69. The quantitative estimate of drug-likeness (QED) is 0.519. The standard InChI is InChI=1S/C14H9ClN6S2/c1-21-14(18-19-20-21)23-13-11-10(6-22-12(11)16-7-17-13)8-2-4-9(15)5-3-8/h2-7H,1H3. The Balaban J connectivity index is 1.87. The van der Waals surface area contributed by atoms with E-state index in [2.05, 4.69) is 30.9 Å². The van der Waals surface area contributed by atoms with Crippen LogP contribution in [0.3, 0.4) is 0 Å². The second kappa shape index (κ2) is 5.88. The SMILES string of the molecule is Cn1nnnc1Sc1ncnc2scc(-c3ccc(Cl)cc3)c12. The van der Waals surface area contributed by atoms with Crippen molar-refractivity contribution in [1.82, 2.24) is 30.2 Å². The fourth-order valence-electron chi connectivity index (χ4n) is 2.16. The molecule has 0 spiro atoms. The van der Waals surface area contributed by atoms with E-state index in [0.29, 0.717) is 10.2 Å². The minimum absolute atomic E-state index is 0.679. The van der Waals surface area contributed by atoms with Gasteiger partial charge in [-0.3, -0.25) is 0 Å². The van der Waals surface area contributed by atoms with Crippen molar-refractivity contribution >= 4 is 44.9 Å². The fourth-order valence-corrected chi connectivity index (χ4v) is 4.10. The van der Waals surface area contributed by atoms with Crippen LogP contribution in [0.15, 0.2) is 46.2 Å². The van der Waals surface area contributed by atoms with Crippen molar-refractivity contribution in [3.05, 3.63) is 41.0 Å². The summed E-state index contributed by atoms with van der Waals surface area (Å²) in [5.41, 5.74) is 2.16. The first kappa shape index (κ1) is 14.6. The third-order valence-corrected chi connectivity index (χ3v) is 5.43. The van der Waals surface area contributed by atoms with Gasteiger partial charge in [0.2, 0.25) is 5.16 Å². The van der Waals surface area contributed by atoms with Crippen LogP contribution in [0.2, 0.25) is 5.02 Å². The molecule has 4 rings (SSSR count). The van der Waals surface area contributed by atoms with Crippen molar-refractivity contribution in [3.8, 4) is 11.1 Å². The third-order valence-electron chi connectivity index (χ3n) is 3.26. The predicted molar refractivity (Wildman–Crippen MR) is 90.8 cm³/mol. The maximum atomic E-state index is 5.98. The first-order valence-corrected chi connectivity index (χ1v) is 8.68. The van der Waals surface area contributed by atoms with Crippen LogP contribution in [-0.4, -0.2) is 30.2 Å². The maximum Gasteiger partial charge on any atom is 0.215 e. The molecule has 0 unspecified atom stereocenters. The fraction of sp³-hybridized carbons (Fsp3) is 0.0714. The molecular weight excluding hydrogens is 352 g/mol. The molecule has 3 heterocycles. The highest BCUT2D eigenvalue weighted by Crippen LogP contribution is 2.39. The molecule has 0 aliphatic carbocycles. The van der Waals surface area contributed by atoms with Gasteiger partial charge in [-0.25, -0.2) is 14.6 Å². The van der Waals surface area contributed by atoms with Gasteiger partial charge >= 0.3 is 0 Å². The second-order valence-electron chi connectivity index (χ2n) is 4.70. The van der Waals surface area contributed by atoms with E-state index in [9.17, 15) is 0 Å². The summed E-state index contributed by atoms with van der Waals surface area (Å²) >= 11 is 9.00. The topological polar surface area (TPSA) is 69.4 Å². The Morgan fingerprint density at radius 1 is 1.17 bits per heavy atom.